The van der Waals surface area contributed by atoms with Crippen molar-refractivity contribution in [2.45, 2.75) is 57.8 Å². The van der Waals surface area contributed by atoms with Crippen LogP contribution >= 0.6 is 0 Å². The summed E-state index contributed by atoms with van der Waals surface area (Å²) >= 11 is 0. The number of benzene rings is 1. The first kappa shape index (κ1) is 18.2. The van der Waals surface area contributed by atoms with Crippen molar-refractivity contribution in [2.24, 2.45) is 0 Å². The van der Waals surface area contributed by atoms with E-state index < -0.39 is 14.3 Å². The third-order valence-corrected chi connectivity index (χ3v) is 9.61. The Hall–Kier alpha value is -1.17. The summed E-state index contributed by atoms with van der Waals surface area (Å²) in [7, 11) is -1.74. The van der Waals surface area contributed by atoms with Crippen LogP contribution in [-0.4, -0.2) is 32.6 Å². The molecule has 1 atom stereocenters. The van der Waals surface area contributed by atoms with Crippen LogP contribution in [0.2, 0.25) is 18.1 Å². The Labute approximate surface area is 139 Å². The first-order valence-corrected chi connectivity index (χ1v) is 11.1. The van der Waals surface area contributed by atoms with E-state index in [2.05, 4.69) is 33.9 Å². The second kappa shape index (κ2) is 6.75. The molecule has 1 aliphatic rings. The van der Waals surface area contributed by atoms with Crippen molar-refractivity contribution < 1.29 is 19.1 Å². The summed E-state index contributed by atoms with van der Waals surface area (Å²) in [6.45, 7) is 12.5. The smallest absolute Gasteiger partial charge is 0.335 e. The maximum absolute atomic E-state index is 11.1. The number of ether oxygens (including phenoxy) is 1. The minimum Gasteiger partial charge on any atom is -0.478 e. The Morgan fingerprint density at radius 3 is 2.70 bits per heavy atom. The second-order valence-electron chi connectivity index (χ2n) is 7.73. The third kappa shape index (κ3) is 4.22. The summed E-state index contributed by atoms with van der Waals surface area (Å²) < 4.78 is 12.1. The molecule has 4 nitrogen and oxygen atoms in total. The van der Waals surface area contributed by atoms with Crippen LogP contribution in [0, 0.1) is 0 Å². The van der Waals surface area contributed by atoms with E-state index in [1.807, 2.05) is 6.07 Å². The molecule has 0 aromatic heterocycles. The van der Waals surface area contributed by atoms with Crippen LogP contribution < -0.4 is 0 Å². The van der Waals surface area contributed by atoms with Crippen LogP contribution in [0.3, 0.4) is 0 Å². The van der Waals surface area contributed by atoms with Crippen LogP contribution in [0.4, 0.5) is 0 Å². The monoisotopic (exact) mass is 336 g/mol. The third-order valence-electron chi connectivity index (χ3n) is 5.08. The summed E-state index contributed by atoms with van der Waals surface area (Å²) in [6.07, 6.45) is 1.59. The molecule has 5 heteroatoms. The first-order chi connectivity index (χ1) is 10.6. The Morgan fingerprint density at radius 1 is 1.39 bits per heavy atom. The molecule has 0 saturated carbocycles. The molecule has 23 heavy (non-hydrogen) atoms. The van der Waals surface area contributed by atoms with E-state index >= 15 is 0 Å². The zero-order valence-electron chi connectivity index (χ0n) is 14.8. The molecule has 128 valence electrons. The van der Waals surface area contributed by atoms with Gasteiger partial charge >= 0.3 is 5.97 Å². The highest BCUT2D eigenvalue weighted by atomic mass is 28.4. The topological polar surface area (TPSA) is 55.8 Å². The first-order valence-electron chi connectivity index (χ1n) is 8.23. The fourth-order valence-corrected chi connectivity index (χ4v) is 3.61. The summed E-state index contributed by atoms with van der Waals surface area (Å²) in [5.74, 6) is -0.878. The highest BCUT2D eigenvalue weighted by Gasteiger charge is 2.37. The highest BCUT2D eigenvalue weighted by Crippen LogP contribution is 2.37. The largest absolute Gasteiger partial charge is 0.478 e. The van der Waals surface area contributed by atoms with Crippen molar-refractivity contribution in [3.05, 3.63) is 34.9 Å². The minimum absolute atomic E-state index is 0.00589. The highest BCUT2D eigenvalue weighted by molar-refractivity contribution is 6.74. The number of rotatable bonds is 5. The average molecular weight is 337 g/mol. The number of carboxylic acid groups (broad SMARTS) is 1. The van der Waals surface area contributed by atoms with Crippen molar-refractivity contribution in [3.63, 3.8) is 0 Å². The standard InChI is InChI=1S/C18H28O4Si/c1-18(2,3)23(4,5)22-11-9-16-15-7-6-14(17(19)20)12-13(15)8-10-21-16/h6-7,12,16H,8-11H2,1-5H3,(H,19,20)/t16-/m0/s1. The van der Waals surface area contributed by atoms with Gasteiger partial charge in [-0.15, -0.1) is 0 Å². The lowest BCUT2D eigenvalue weighted by atomic mass is 9.94. The van der Waals surface area contributed by atoms with Crippen molar-refractivity contribution in [1.82, 2.24) is 0 Å². The Kier molecular flexibility index (Phi) is 5.33. The van der Waals surface area contributed by atoms with E-state index in [0.29, 0.717) is 18.8 Å². The quantitative estimate of drug-likeness (QED) is 0.809. The molecule has 0 radical (unpaired) electrons. The number of hydrogen-bond donors (Lipinski definition) is 1. The Balaban J connectivity index is 2.03. The molecule has 0 spiro atoms. The molecule has 0 unspecified atom stereocenters. The average Bonchev–Trinajstić information content (AvgIpc) is 2.45. The zero-order valence-corrected chi connectivity index (χ0v) is 15.8. The zero-order chi connectivity index (χ0) is 17.3. The van der Waals surface area contributed by atoms with Gasteiger partial charge in [-0.3, -0.25) is 0 Å². The molecule has 0 saturated heterocycles. The van der Waals surface area contributed by atoms with E-state index in [4.69, 9.17) is 14.3 Å². The number of hydrogen-bond acceptors (Lipinski definition) is 3. The van der Waals surface area contributed by atoms with E-state index in [1.54, 1.807) is 12.1 Å². The SMILES string of the molecule is CC(C)(C)[Si](C)(C)OCC[C@@H]1OCCc2cc(C(=O)O)ccc21. The molecule has 1 N–H and O–H groups in total. The van der Waals surface area contributed by atoms with Gasteiger partial charge in [0.25, 0.3) is 0 Å². The minimum atomic E-state index is -1.74. The van der Waals surface area contributed by atoms with Gasteiger partial charge in [-0.05, 0) is 54.2 Å². The van der Waals surface area contributed by atoms with Gasteiger partial charge in [0.1, 0.15) is 0 Å². The predicted octanol–water partition coefficient (Wildman–Crippen LogP) is 4.41. The van der Waals surface area contributed by atoms with Crippen molar-refractivity contribution in [2.75, 3.05) is 13.2 Å². The lowest BCUT2D eigenvalue weighted by Gasteiger charge is -2.37. The van der Waals surface area contributed by atoms with Crippen LogP contribution in [0.5, 0.6) is 0 Å². The van der Waals surface area contributed by atoms with Gasteiger partial charge in [-0.25, -0.2) is 4.79 Å². The number of carbonyl (C=O) groups is 1. The van der Waals surface area contributed by atoms with Gasteiger partial charge in [0.05, 0.1) is 18.3 Å². The van der Waals surface area contributed by atoms with Crippen molar-refractivity contribution in [3.8, 4) is 0 Å². The van der Waals surface area contributed by atoms with Gasteiger partial charge < -0.3 is 14.3 Å². The molecule has 1 aromatic carbocycles. The predicted molar refractivity (Wildman–Crippen MR) is 93.6 cm³/mol. The fourth-order valence-electron chi connectivity index (χ4n) is 2.55. The molecule has 0 aliphatic carbocycles. The van der Waals surface area contributed by atoms with Crippen LogP contribution in [-0.2, 0) is 15.6 Å². The maximum Gasteiger partial charge on any atom is 0.335 e. The van der Waals surface area contributed by atoms with Crippen LogP contribution in [0.1, 0.15) is 54.8 Å². The molecule has 1 aromatic rings. The number of fused-ring (bicyclic) bond motifs is 1. The lowest BCUT2D eigenvalue weighted by Crippen LogP contribution is -2.41. The molecule has 0 bridgehead atoms. The summed E-state index contributed by atoms with van der Waals surface area (Å²) in [6, 6.07) is 5.34. The Morgan fingerprint density at radius 2 is 2.09 bits per heavy atom. The van der Waals surface area contributed by atoms with Gasteiger partial charge in [-0.1, -0.05) is 26.8 Å². The van der Waals surface area contributed by atoms with Gasteiger partial charge in [0.2, 0.25) is 0 Å². The van der Waals surface area contributed by atoms with Crippen LogP contribution in [0.25, 0.3) is 0 Å². The summed E-state index contributed by atoms with van der Waals surface area (Å²) in [4.78, 5) is 11.1. The number of aromatic carboxylic acids is 1. The number of carboxylic acids is 1. The maximum atomic E-state index is 11.1. The Bertz CT molecular complexity index is 575. The van der Waals surface area contributed by atoms with E-state index in [1.165, 1.54) is 0 Å². The molecular weight excluding hydrogens is 308 g/mol. The fraction of sp³-hybridized carbons (Fsp3) is 0.611. The molecule has 0 amide bonds. The lowest BCUT2D eigenvalue weighted by molar-refractivity contribution is 0.0263. The van der Waals surface area contributed by atoms with Gasteiger partial charge in [0, 0.05) is 6.61 Å². The molecule has 0 fully saturated rings. The summed E-state index contributed by atoms with van der Waals surface area (Å²) in [5.41, 5.74) is 2.55. The molecular formula is C18H28O4Si. The van der Waals surface area contributed by atoms with E-state index in [-0.39, 0.29) is 11.1 Å². The van der Waals surface area contributed by atoms with Gasteiger partial charge in [0.15, 0.2) is 8.32 Å². The van der Waals surface area contributed by atoms with Crippen LogP contribution in [0.15, 0.2) is 18.2 Å². The molecule has 2 rings (SSSR count). The molecule has 1 aliphatic heterocycles. The van der Waals surface area contributed by atoms with Crippen molar-refractivity contribution >= 4 is 14.3 Å². The summed E-state index contributed by atoms with van der Waals surface area (Å²) in [5, 5.41) is 9.32. The normalized spacial score (nSPS) is 18.6. The van der Waals surface area contributed by atoms with Gasteiger partial charge in [-0.2, -0.15) is 0 Å². The van der Waals surface area contributed by atoms with E-state index in [9.17, 15) is 4.79 Å². The molecule has 1 heterocycles. The second-order valence-corrected chi connectivity index (χ2v) is 12.5. The van der Waals surface area contributed by atoms with E-state index in [0.717, 1.165) is 24.0 Å². The van der Waals surface area contributed by atoms with Crippen molar-refractivity contribution in [1.29, 1.82) is 0 Å².